The number of aliphatic carboxylic acids is 1. The molecule has 1 saturated heterocycles. The van der Waals surface area contributed by atoms with Crippen molar-refractivity contribution in [2.75, 3.05) is 6.54 Å². The normalized spacial score (nSPS) is 21.6. The molecule has 2 atom stereocenters. The maximum atomic E-state index is 12.8. The molecule has 2 unspecified atom stereocenters. The second-order valence-electron chi connectivity index (χ2n) is 5.98. The van der Waals surface area contributed by atoms with Crippen molar-refractivity contribution in [3.63, 3.8) is 0 Å². The second kappa shape index (κ2) is 5.98. The fourth-order valence-electron chi connectivity index (χ4n) is 3.01. The molecule has 1 amide bonds. The van der Waals surface area contributed by atoms with Crippen molar-refractivity contribution >= 4 is 23.0 Å². The standard InChI is InChI=1S/C16H19N3O4/c1-3-13-12-6-11(7-17-14(12)23-18-13)15(20)19-8-10(16(21)22)5-4-9(19)2/h6-7,9-10H,3-5,8H2,1-2H3,(H,21,22). The van der Waals surface area contributed by atoms with Gasteiger partial charge >= 0.3 is 5.97 Å². The third-order valence-electron chi connectivity index (χ3n) is 4.48. The van der Waals surface area contributed by atoms with Crippen LogP contribution in [0.3, 0.4) is 0 Å². The number of fused-ring (bicyclic) bond motifs is 1. The topological polar surface area (TPSA) is 96.5 Å². The van der Waals surface area contributed by atoms with Gasteiger partial charge in [0.25, 0.3) is 11.6 Å². The summed E-state index contributed by atoms with van der Waals surface area (Å²) in [7, 11) is 0. The van der Waals surface area contributed by atoms with E-state index in [1.807, 2.05) is 13.8 Å². The highest BCUT2D eigenvalue weighted by atomic mass is 16.5. The summed E-state index contributed by atoms with van der Waals surface area (Å²) in [4.78, 5) is 29.8. The number of carboxylic acids is 1. The minimum Gasteiger partial charge on any atom is -0.481 e. The number of aromatic nitrogens is 2. The van der Waals surface area contributed by atoms with Crippen molar-refractivity contribution in [3.8, 4) is 0 Å². The molecule has 2 aromatic rings. The number of pyridine rings is 1. The number of hydrogen-bond donors (Lipinski definition) is 1. The van der Waals surface area contributed by atoms with Crippen molar-refractivity contribution in [1.82, 2.24) is 15.0 Å². The van der Waals surface area contributed by atoms with Crippen molar-refractivity contribution < 1.29 is 19.2 Å². The van der Waals surface area contributed by atoms with Crippen molar-refractivity contribution in [1.29, 1.82) is 0 Å². The van der Waals surface area contributed by atoms with Crippen LogP contribution in [0.2, 0.25) is 0 Å². The van der Waals surface area contributed by atoms with Gasteiger partial charge in [-0.05, 0) is 32.3 Å². The Kier molecular flexibility index (Phi) is 4.02. The first-order valence-electron chi connectivity index (χ1n) is 7.79. The summed E-state index contributed by atoms with van der Waals surface area (Å²) >= 11 is 0. The van der Waals surface area contributed by atoms with Gasteiger partial charge in [-0.3, -0.25) is 9.59 Å². The number of hydrogen-bond acceptors (Lipinski definition) is 5. The molecule has 0 saturated carbocycles. The molecule has 7 nitrogen and oxygen atoms in total. The zero-order valence-corrected chi connectivity index (χ0v) is 13.2. The van der Waals surface area contributed by atoms with E-state index in [0.29, 0.717) is 30.5 Å². The molecule has 1 aliphatic heterocycles. The van der Waals surface area contributed by atoms with Gasteiger partial charge in [0.15, 0.2) is 0 Å². The number of aryl methyl sites for hydroxylation is 1. The smallest absolute Gasteiger partial charge is 0.308 e. The monoisotopic (exact) mass is 317 g/mol. The summed E-state index contributed by atoms with van der Waals surface area (Å²) in [5.74, 6) is -1.55. The molecular formula is C16H19N3O4. The van der Waals surface area contributed by atoms with Crippen molar-refractivity contribution in [2.45, 2.75) is 39.2 Å². The highest BCUT2D eigenvalue weighted by Crippen LogP contribution is 2.25. The van der Waals surface area contributed by atoms with Crippen LogP contribution in [-0.4, -0.2) is 44.6 Å². The molecule has 122 valence electrons. The SMILES string of the molecule is CCc1noc2ncc(C(=O)N3CC(C(=O)O)CCC3C)cc12. The van der Waals surface area contributed by atoms with Gasteiger partial charge in [-0.25, -0.2) is 4.98 Å². The minimum absolute atomic E-state index is 0.0157. The van der Waals surface area contributed by atoms with Crippen molar-refractivity contribution in [3.05, 3.63) is 23.5 Å². The highest BCUT2D eigenvalue weighted by molar-refractivity contribution is 5.97. The molecule has 0 radical (unpaired) electrons. The second-order valence-corrected chi connectivity index (χ2v) is 5.98. The van der Waals surface area contributed by atoms with Crippen LogP contribution in [0.4, 0.5) is 0 Å². The molecule has 1 aliphatic rings. The van der Waals surface area contributed by atoms with Gasteiger partial charge < -0.3 is 14.5 Å². The lowest BCUT2D eigenvalue weighted by atomic mass is 9.93. The summed E-state index contributed by atoms with van der Waals surface area (Å²) in [6, 6.07) is 1.75. The zero-order valence-electron chi connectivity index (χ0n) is 13.2. The number of rotatable bonds is 3. The lowest BCUT2D eigenvalue weighted by molar-refractivity contribution is -0.143. The van der Waals surface area contributed by atoms with E-state index in [0.717, 1.165) is 11.1 Å². The maximum absolute atomic E-state index is 12.8. The Balaban J connectivity index is 1.90. The molecule has 0 spiro atoms. The first-order chi connectivity index (χ1) is 11.0. The van der Waals surface area contributed by atoms with Gasteiger partial charge in [0.05, 0.1) is 22.6 Å². The predicted molar refractivity (Wildman–Crippen MR) is 82.0 cm³/mol. The van der Waals surface area contributed by atoms with E-state index in [1.54, 1.807) is 11.0 Å². The van der Waals surface area contributed by atoms with E-state index in [-0.39, 0.29) is 18.5 Å². The molecule has 2 aromatic heterocycles. The number of likely N-dealkylation sites (tertiary alicyclic amines) is 1. The Morgan fingerprint density at radius 3 is 2.91 bits per heavy atom. The minimum atomic E-state index is -0.851. The summed E-state index contributed by atoms with van der Waals surface area (Å²) < 4.78 is 5.13. The number of piperidine rings is 1. The average molecular weight is 317 g/mol. The Labute approximate surface area is 133 Å². The number of carboxylic acid groups (broad SMARTS) is 1. The summed E-state index contributed by atoms with van der Waals surface area (Å²) in [6.07, 6.45) is 3.44. The first kappa shape index (κ1) is 15.5. The van der Waals surface area contributed by atoms with Gasteiger partial charge in [0.2, 0.25) is 0 Å². The predicted octanol–water partition coefficient (Wildman–Crippen LogP) is 2.11. The number of nitrogens with zero attached hydrogens (tertiary/aromatic N) is 3. The van der Waals surface area contributed by atoms with Gasteiger partial charge in [-0.15, -0.1) is 0 Å². The molecule has 23 heavy (non-hydrogen) atoms. The van der Waals surface area contributed by atoms with Gasteiger partial charge in [0.1, 0.15) is 0 Å². The molecule has 0 aliphatic carbocycles. The maximum Gasteiger partial charge on any atom is 0.308 e. The Morgan fingerprint density at radius 2 is 2.22 bits per heavy atom. The summed E-state index contributed by atoms with van der Waals surface area (Å²) in [6.45, 7) is 4.13. The Bertz CT molecular complexity index is 755. The van der Waals surface area contributed by atoms with E-state index in [1.165, 1.54) is 6.20 Å². The first-order valence-corrected chi connectivity index (χ1v) is 7.79. The van der Waals surface area contributed by atoms with E-state index >= 15 is 0 Å². The van der Waals surface area contributed by atoms with Crippen LogP contribution in [0, 0.1) is 5.92 Å². The van der Waals surface area contributed by atoms with Crippen molar-refractivity contribution in [2.24, 2.45) is 5.92 Å². The van der Waals surface area contributed by atoms with Crippen LogP contribution in [0.5, 0.6) is 0 Å². The van der Waals surface area contributed by atoms with E-state index in [4.69, 9.17) is 4.52 Å². The molecule has 3 rings (SSSR count). The van der Waals surface area contributed by atoms with E-state index in [2.05, 4.69) is 10.1 Å². The van der Waals surface area contributed by atoms with Gasteiger partial charge in [-0.1, -0.05) is 12.1 Å². The van der Waals surface area contributed by atoms with Crippen LogP contribution in [0.25, 0.3) is 11.1 Å². The average Bonchev–Trinajstić information content (AvgIpc) is 2.96. The third kappa shape index (κ3) is 2.78. The number of carbonyl (C=O) groups excluding carboxylic acids is 1. The van der Waals surface area contributed by atoms with Crippen LogP contribution < -0.4 is 0 Å². The van der Waals surface area contributed by atoms with E-state index < -0.39 is 11.9 Å². The lowest BCUT2D eigenvalue weighted by Gasteiger charge is -2.36. The highest BCUT2D eigenvalue weighted by Gasteiger charge is 2.33. The molecule has 1 N–H and O–H groups in total. The zero-order chi connectivity index (χ0) is 16.6. The Morgan fingerprint density at radius 1 is 1.43 bits per heavy atom. The molecule has 0 bridgehead atoms. The van der Waals surface area contributed by atoms with Crippen LogP contribution in [-0.2, 0) is 11.2 Å². The summed E-state index contributed by atoms with van der Waals surface area (Å²) in [5.41, 5.74) is 1.61. The molecule has 0 aromatic carbocycles. The Hall–Kier alpha value is -2.44. The van der Waals surface area contributed by atoms with E-state index in [9.17, 15) is 14.7 Å². The third-order valence-corrected chi connectivity index (χ3v) is 4.48. The number of amides is 1. The molecule has 1 fully saturated rings. The molecular weight excluding hydrogens is 298 g/mol. The van der Waals surface area contributed by atoms with Crippen LogP contribution >= 0.6 is 0 Å². The summed E-state index contributed by atoms with van der Waals surface area (Å²) in [5, 5.41) is 13.9. The fourth-order valence-corrected chi connectivity index (χ4v) is 3.01. The molecule has 7 heteroatoms. The van der Waals surface area contributed by atoms with Crippen LogP contribution in [0.15, 0.2) is 16.8 Å². The van der Waals surface area contributed by atoms with Gasteiger partial charge in [-0.2, -0.15) is 0 Å². The lowest BCUT2D eigenvalue weighted by Crippen LogP contribution is -2.47. The van der Waals surface area contributed by atoms with Gasteiger partial charge in [0, 0.05) is 18.8 Å². The van der Waals surface area contributed by atoms with Crippen LogP contribution in [0.1, 0.15) is 42.7 Å². The molecule has 3 heterocycles. The number of carbonyl (C=O) groups is 2. The quantitative estimate of drug-likeness (QED) is 0.931. The fraction of sp³-hybridized carbons (Fsp3) is 0.500. The largest absolute Gasteiger partial charge is 0.481 e.